The molecule has 1 fully saturated rings. The highest BCUT2D eigenvalue weighted by Crippen LogP contribution is 2.17. The van der Waals surface area contributed by atoms with Crippen LogP contribution in [0.5, 0.6) is 0 Å². The Labute approximate surface area is 163 Å². The molecule has 27 heavy (non-hydrogen) atoms. The lowest BCUT2D eigenvalue weighted by molar-refractivity contribution is -0.141. The van der Waals surface area contributed by atoms with E-state index in [0.29, 0.717) is 31.9 Å². The van der Waals surface area contributed by atoms with Crippen LogP contribution in [0.1, 0.15) is 20.8 Å². The summed E-state index contributed by atoms with van der Waals surface area (Å²) in [5.41, 5.74) is 0.520. The minimum absolute atomic E-state index is 0.0220. The molecule has 2 rings (SSSR count). The molecule has 1 saturated heterocycles. The van der Waals surface area contributed by atoms with Crippen LogP contribution in [-0.4, -0.2) is 64.7 Å². The molecule has 8 heteroatoms. The SMILES string of the molecule is CC(C)C(=O)N1CCN(C(=O)[C@H](C)SCC(=O)Nc2ccc(F)cc2)CC1. The number of anilines is 1. The Kier molecular flexibility index (Phi) is 7.65. The molecular formula is C19H26FN3O3S. The molecule has 1 atom stereocenters. The van der Waals surface area contributed by atoms with Gasteiger partial charge in [0.1, 0.15) is 5.82 Å². The normalized spacial score (nSPS) is 15.6. The number of halogens is 1. The Morgan fingerprint density at radius 2 is 1.52 bits per heavy atom. The number of thioether (sulfide) groups is 1. The molecule has 0 spiro atoms. The van der Waals surface area contributed by atoms with Gasteiger partial charge in [0.25, 0.3) is 0 Å². The quantitative estimate of drug-likeness (QED) is 0.802. The summed E-state index contributed by atoms with van der Waals surface area (Å²) in [5.74, 6) is -0.416. The van der Waals surface area contributed by atoms with E-state index in [1.54, 1.807) is 16.7 Å². The molecule has 0 unspecified atom stereocenters. The third kappa shape index (κ3) is 6.23. The summed E-state index contributed by atoms with van der Waals surface area (Å²) in [7, 11) is 0. The highest BCUT2D eigenvalue weighted by Gasteiger charge is 2.28. The van der Waals surface area contributed by atoms with Gasteiger partial charge < -0.3 is 15.1 Å². The topological polar surface area (TPSA) is 69.7 Å². The van der Waals surface area contributed by atoms with Crippen LogP contribution in [0, 0.1) is 11.7 Å². The van der Waals surface area contributed by atoms with E-state index in [9.17, 15) is 18.8 Å². The summed E-state index contributed by atoms with van der Waals surface area (Å²) in [6.45, 7) is 7.65. The first kappa shape index (κ1) is 21.2. The van der Waals surface area contributed by atoms with Crippen LogP contribution < -0.4 is 5.32 Å². The van der Waals surface area contributed by atoms with Crippen LogP contribution in [0.15, 0.2) is 24.3 Å². The Balaban J connectivity index is 1.74. The van der Waals surface area contributed by atoms with Crippen LogP contribution in [0.2, 0.25) is 0 Å². The number of carbonyl (C=O) groups excluding carboxylic acids is 3. The fraction of sp³-hybridized carbons (Fsp3) is 0.526. The van der Waals surface area contributed by atoms with Gasteiger partial charge in [-0.05, 0) is 31.2 Å². The van der Waals surface area contributed by atoms with E-state index in [0.717, 1.165) is 0 Å². The number of hydrogen-bond acceptors (Lipinski definition) is 4. The average molecular weight is 396 g/mol. The first-order valence-corrected chi connectivity index (χ1v) is 10.1. The Morgan fingerprint density at radius 3 is 2.04 bits per heavy atom. The minimum atomic E-state index is -0.364. The second-order valence-electron chi connectivity index (χ2n) is 6.81. The molecule has 0 aliphatic carbocycles. The number of amides is 3. The Morgan fingerprint density at radius 1 is 1.00 bits per heavy atom. The molecule has 3 amide bonds. The van der Waals surface area contributed by atoms with Crippen LogP contribution in [0.4, 0.5) is 10.1 Å². The molecule has 1 aromatic carbocycles. The molecule has 1 heterocycles. The molecule has 0 radical (unpaired) electrons. The van der Waals surface area contributed by atoms with Gasteiger partial charge in [0.05, 0.1) is 11.0 Å². The first-order valence-electron chi connectivity index (χ1n) is 9.02. The largest absolute Gasteiger partial charge is 0.339 e. The highest BCUT2D eigenvalue weighted by atomic mass is 32.2. The van der Waals surface area contributed by atoms with Gasteiger partial charge in [-0.1, -0.05) is 13.8 Å². The number of piperazine rings is 1. The number of carbonyl (C=O) groups is 3. The third-order valence-electron chi connectivity index (χ3n) is 4.34. The average Bonchev–Trinajstić information content (AvgIpc) is 2.66. The van der Waals surface area contributed by atoms with Crippen LogP contribution in [0.25, 0.3) is 0 Å². The predicted octanol–water partition coefficient (Wildman–Crippen LogP) is 2.21. The van der Waals surface area contributed by atoms with Gasteiger partial charge in [-0.2, -0.15) is 0 Å². The molecule has 6 nitrogen and oxygen atoms in total. The molecule has 1 aliphatic rings. The lowest BCUT2D eigenvalue weighted by Gasteiger charge is -2.36. The second kappa shape index (κ2) is 9.73. The van der Waals surface area contributed by atoms with Crippen molar-refractivity contribution in [3.8, 4) is 0 Å². The summed E-state index contributed by atoms with van der Waals surface area (Å²) >= 11 is 1.26. The molecular weight excluding hydrogens is 369 g/mol. The predicted molar refractivity (Wildman–Crippen MR) is 105 cm³/mol. The summed E-state index contributed by atoms with van der Waals surface area (Å²) in [4.78, 5) is 40.1. The standard InChI is InChI=1S/C19H26FN3O3S/c1-13(2)18(25)22-8-10-23(11-9-22)19(26)14(3)27-12-17(24)21-16-6-4-15(20)5-7-16/h4-7,13-14H,8-12H2,1-3H3,(H,21,24)/t14-/m0/s1. The smallest absolute Gasteiger partial charge is 0.235 e. The molecule has 0 aromatic heterocycles. The van der Waals surface area contributed by atoms with Crippen molar-refractivity contribution in [2.45, 2.75) is 26.0 Å². The van der Waals surface area contributed by atoms with Gasteiger partial charge in [-0.15, -0.1) is 11.8 Å². The van der Waals surface area contributed by atoms with Crippen LogP contribution in [0.3, 0.4) is 0 Å². The number of benzene rings is 1. The van der Waals surface area contributed by atoms with Crippen molar-refractivity contribution in [1.29, 1.82) is 0 Å². The van der Waals surface area contributed by atoms with E-state index in [-0.39, 0.29) is 40.5 Å². The zero-order chi connectivity index (χ0) is 20.0. The van der Waals surface area contributed by atoms with Gasteiger partial charge in [-0.3, -0.25) is 14.4 Å². The van der Waals surface area contributed by atoms with E-state index < -0.39 is 0 Å². The molecule has 1 N–H and O–H groups in total. The molecule has 0 saturated carbocycles. The first-order chi connectivity index (χ1) is 12.8. The van der Waals surface area contributed by atoms with E-state index in [4.69, 9.17) is 0 Å². The maximum atomic E-state index is 12.9. The van der Waals surface area contributed by atoms with Gasteiger partial charge in [-0.25, -0.2) is 4.39 Å². The maximum absolute atomic E-state index is 12.9. The van der Waals surface area contributed by atoms with Crippen molar-refractivity contribution in [1.82, 2.24) is 9.80 Å². The van der Waals surface area contributed by atoms with Crippen molar-refractivity contribution < 1.29 is 18.8 Å². The lowest BCUT2D eigenvalue weighted by Crippen LogP contribution is -2.53. The third-order valence-corrected chi connectivity index (χ3v) is 5.47. The van der Waals surface area contributed by atoms with Gasteiger partial charge in [0.2, 0.25) is 17.7 Å². The summed E-state index contributed by atoms with van der Waals surface area (Å²) in [6.07, 6.45) is 0. The van der Waals surface area contributed by atoms with E-state index in [1.165, 1.54) is 36.0 Å². The monoisotopic (exact) mass is 395 g/mol. The van der Waals surface area contributed by atoms with Gasteiger partial charge in [0, 0.05) is 37.8 Å². The Hall–Kier alpha value is -2.09. The van der Waals surface area contributed by atoms with Crippen molar-refractivity contribution in [3.05, 3.63) is 30.1 Å². The van der Waals surface area contributed by atoms with Crippen LogP contribution >= 0.6 is 11.8 Å². The van der Waals surface area contributed by atoms with Crippen molar-refractivity contribution in [2.24, 2.45) is 5.92 Å². The summed E-state index contributed by atoms with van der Waals surface area (Å²) < 4.78 is 12.9. The highest BCUT2D eigenvalue weighted by molar-refractivity contribution is 8.01. The van der Waals surface area contributed by atoms with E-state index in [1.807, 2.05) is 13.8 Å². The van der Waals surface area contributed by atoms with Gasteiger partial charge >= 0.3 is 0 Å². The van der Waals surface area contributed by atoms with E-state index in [2.05, 4.69) is 5.32 Å². The van der Waals surface area contributed by atoms with Gasteiger partial charge in [0.15, 0.2) is 0 Å². The number of hydrogen-bond donors (Lipinski definition) is 1. The second-order valence-corrected chi connectivity index (χ2v) is 8.14. The summed E-state index contributed by atoms with van der Waals surface area (Å²) in [5, 5.41) is 2.33. The maximum Gasteiger partial charge on any atom is 0.235 e. The molecule has 1 aliphatic heterocycles. The number of rotatable bonds is 6. The molecule has 1 aromatic rings. The van der Waals surface area contributed by atoms with Crippen molar-refractivity contribution in [2.75, 3.05) is 37.2 Å². The summed E-state index contributed by atoms with van der Waals surface area (Å²) in [6, 6.07) is 5.53. The molecule has 0 bridgehead atoms. The molecule has 148 valence electrons. The zero-order valence-corrected chi connectivity index (χ0v) is 16.7. The lowest BCUT2D eigenvalue weighted by atomic mass is 10.1. The van der Waals surface area contributed by atoms with Crippen molar-refractivity contribution >= 4 is 35.2 Å². The number of nitrogens with one attached hydrogen (secondary N) is 1. The van der Waals surface area contributed by atoms with Crippen molar-refractivity contribution in [3.63, 3.8) is 0 Å². The number of nitrogens with zero attached hydrogens (tertiary/aromatic N) is 2. The minimum Gasteiger partial charge on any atom is -0.339 e. The zero-order valence-electron chi connectivity index (χ0n) is 15.9. The van der Waals surface area contributed by atoms with Crippen LogP contribution in [-0.2, 0) is 14.4 Å². The fourth-order valence-electron chi connectivity index (χ4n) is 2.77. The fourth-order valence-corrected chi connectivity index (χ4v) is 3.54. The Bertz CT molecular complexity index is 673. The van der Waals surface area contributed by atoms with E-state index >= 15 is 0 Å².